The molecule has 16 heteroatoms. The van der Waals surface area contributed by atoms with Crippen LogP contribution in [0.4, 0.5) is 13.2 Å². The van der Waals surface area contributed by atoms with E-state index in [2.05, 4.69) is 47.3 Å². The number of unbranched alkanes of at least 4 members (excludes halogenated alkanes) is 3. The molecule has 0 aliphatic carbocycles. The molecule has 0 heterocycles. The van der Waals surface area contributed by atoms with Crippen molar-refractivity contribution in [3.63, 3.8) is 0 Å². The highest BCUT2D eigenvalue weighted by molar-refractivity contribution is 9.11. The van der Waals surface area contributed by atoms with E-state index in [4.69, 9.17) is 36.7 Å². The summed E-state index contributed by atoms with van der Waals surface area (Å²) in [6.45, 7) is 2.22. The van der Waals surface area contributed by atoms with Gasteiger partial charge in [-0.2, -0.15) is 13.2 Å². The molecule has 0 saturated heterocycles. The quantitative estimate of drug-likeness (QED) is 0.0720. The summed E-state index contributed by atoms with van der Waals surface area (Å²) in [5, 5.41) is 14.2. The van der Waals surface area contributed by atoms with Crippen molar-refractivity contribution >= 4 is 55.4 Å². The zero-order chi connectivity index (χ0) is 32.3. The van der Waals surface area contributed by atoms with E-state index >= 15 is 0 Å². The number of alkyl halides is 3. The Morgan fingerprint density at radius 2 is 1.58 bits per heavy atom. The van der Waals surface area contributed by atoms with Gasteiger partial charge in [0.25, 0.3) is 5.91 Å². The smallest absolute Gasteiger partial charge is 0.490 e. The van der Waals surface area contributed by atoms with Gasteiger partial charge in [0.1, 0.15) is 11.5 Å². The van der Waals surface area contributed by atoms with E-state index in [0.717, 1.165) is 46.6 Å². The fourth-order valence-corrected chi connectivity index (χ4v) is 4.66. The van der Waals surface area contributed by atoms with Crippen LogP contribution in [0.3, 0.4) is 0 Å². The van der Waals surface area contributed by atoms with Crippen LogP contribution in [0.2, 0.25) is 0 Å². The highest BCUT2D eigenvalue weighted by Crippen LogP contribution is 2.35. The van der Waals surface area contributed by atoms with Crippen LogP contribution >= 0.6 is 31.9 Å². The van der Waals surface area contributed by atoms with Gasteiger partial charge in [0, 0.05) is 19.5 Å². The number of carbonyl (C=O) groups excluding carboxylic acids is 1. The molecule has 2 rings (SSSR count). The summed E-state index contributed by atoms with van der Waals surface area (Å²) < 4.78 is 39.1. The second-order valence-corrected chi connectivity index (χ2v) is 10.5. The van der Waals surface area contributed by atoms with Crippen molar-refractivity contribution in [2.24, 2.45) is 27.3 Å². The Kier molecular flexibility index (Phi) is 18.0. The molecule has 11 nitrogen and oxygen atoms in total. The summed E-state index contributed by atoms with van der Waals surface area (Å²) in [6.07, 6.45) is -0.376. The number of carboxylic acid groups (broad SMARTS) is 1. The molecule has 0 saturated carbocycles. The number of amides is 1. The summed E-state index contributed by atoms with van der Waals surface area (Å²) in [6, 6.07) is 12.9. The molecule has 0 fully saturated rings. The predicted molar refractivity (Wildman–Crippen MR) is 165 cm³/mol. The standard InChI is InChI=1S/C25H34Br2N6O3.C2HF3O2/c26-20-15-18(16-21(27)23(20)35-14-8-11-28)17-22(33-36-19-9-4-3-5-10-19)24(34)31-12-6-1-2-7-13-32-25(29)30;3-2(4,5)1(6)7/h3-5,9-10,15-16H,1-2,6-8,11-14,17,28H2,(H,31,34)(H4,29,30,32);(H,6,7)/b33-22-;. The third-order valence-corrected chi connectivity index (χ3v) is 6.38. The molecule has 8 N–H and O–H groups in total. The Morgan fingerprint density at radius 3 is 2.14 bits per heavy atom. The predicted octanol–water partition coefficient (Wildman–Crippen LogP) is 4.50. The van der Waals surface area contributed by atoms with E-state index in [1.165, 1.54) is 0 Å². The summed E-state index contributed by atoms with van der Waals surface area (Å²) in [7, 11) is 0. The van der Waals surface area contributed by atoms with Crippen molar-refractivity contribution in [3.05, 3.63) is 57.0 Å². The summed E-state index contributed by atoms with van der Waals surface area (Å²) in [4.78, 5) is 31.4. The van der Waals surface area contributed by atoms with Crippen LogP contribution in [0, 0.1) is 0 Å². The summed E-state index contributed by atoms with van der Waals surface area (Å²) in [5.74, 6) is -1.68. The third-order valence-electron chi connectivity index (χ3n) is 5.20. The van der Waals surface area contributed by atoms with Crippen molar-refractivity contribution in [3.8, 4) is 11.5 Å². The van der Waals surface area contributed by atoms with E-state index in [9.17, 15) is 18.0 Å². The highest BCUT2D eigenvalue weighted by atomic mass is 79.9. The first-order chi connectivity index (χ1) is 20.3. The Bertz CT molecular complexity index is 1190. The molecule has 0 aromatic heterocycles. The number of halogens is 5. The van der Waals surface area contributed by atoms with E-state index in [0.29, 0.717) is 37.7 Å². The Hall–Kier alpha value is -3.37. The number of aliphatic carboxylic acids is 1. The third kappa shape index (κ3) is 16.7. The van der Waals surface area contributed by atoms with Crippen LogP contribution in [-0.2, 0) is 16.0 Å². The fourth-order valence-electron chi connectivity index (χ4n) is 3.15. The Balaban J connectivity index is 0.00000117. The van der Waals surface area contributed by atoms with Gasteiger partial charge in [0.15, 0.2) is 11.7 Å². The van der Waals surface area contributed by atoms with Crippen LogP contribution in [0.15, 0.2) is 61.6 Å². The normalized spacial score (nSPS) is 11.2. The van der Waals surface area contributed by atoms with Crippen LogP contribution in [-0.4, -0.2) is 61.1 Å². The number of rotatable bonds is 16. The zero-order valence-corrected chi connectivity index (χ0v) is 26.4. The summed E-state index contributed by atoms with van der Waals surface area (Å²) in [5.41, 5.74) is 17.3. The highest BCUT2D eigenvalue weighted by Gasteiger charge is 2.38. The minimum absolute atomic E-state index is 0.111. The molecule has 0 spiro atoms. The number of guanidine groups is 1. The number of benzene rings is 2. The summed E-state index contributed by atoms with van der Waals surface area (Å²) >= 11 is 7.12. The number of oxime groups is 1. The maximum Gasteiger partial charge on any atom is 0.490 e. The Morgan fingerprint density at radius 1 is 0.977 bits per heavy atom. The number of ether oxygens (including phenoxy) is 1. The molecular weight excluding hydrogens is 705 g/mol. The van der Waals surface area contributed by atoms with Gasteiger partial charge in [0.05, 0.1) is 15.6 Å². The topological polar surface area (TPSA) is 188 Å². The number of nitrogens with two attached hydrogens (primary N) is 3. The lowest BCUT2D eigenvalue weighted by atomic mass is 10.1. The van der Waals surface area contributed by atoms with Gasteiger partial charge in [-0.05, 0) is 87.5 Å². The van der Waals surface area contributed by atoms with E-state index in [1.54, 1.807) is 12.1 Å². The van der Waals surface area contributed by atoms with Crippen LogP contribution in [0.1, 0.15) is 37.7 Å². The average molecular weight is 740 g/mol. The molecule has 0 aliphatic heterocycles. The van der Waals surface area contributed by atoms with Gasteiger partial charge in [-0.15, -0.1) is 0 Å². The molecule has 238 valence electrons. The van der Waals surface area contributed by atoms with Crippen molar-refractivity contribution in [1.29, 1.82) is 0 Å². The molecule has 0 unspecified atom stereocenters. The molecule has 0 bridgehead atoms. The maximum atomic E-state index is 13.0. The van der Waals surface area contributed by atoms with Crippen LogP contribution in [0.25, 0.3) is 0 Å². The molecule has 0 aliphatic rings. The fraction of sp³-hybridized carbons (Fsp3) is 0.407. The number of hydrogen-bond acceptors (Lipinski definition) is 7. The molecule has 2 aromatic rings. The lowest BCUT2D eigenvalue weighted by Gasteiger charge is -2.13. The second kappa shape index (κ2) is 20.5. The molecule has 0 radical (unpaired) electrons. The first-order valence-electron chi connectivity index (χ1n) is 13.1. The number of nitrogens with one attached hydrogen (secondary N) is 1. The van der Waals surface area contributed by atoms with Crippen molar-refractivity contribution in [1.82, 2.24) is 5.32 Å². The lowest BCUT2D eigenvalue weighted by Crippen LogP contribution is -2.33. The average Bonchev–Trinajstić information content (AvgIpc) is 2.94. The van der Waals surface area contributed by atoms with Gasteiger partial charge in [0.2, 0.25) is 0 Å². The van der Waals surface area contributed by atoms with Gasteiger partial charge < -0.3 is 37.2 Å². The molecule has 2 aromatic carbocycles. The first kappa shape index (κ1) is 37.7. The number of aliphatic imine (C=N–C) groups is 1. The first-order valence-corrected chi connectivity index (χ1v) is 14.7. The van der Waals surface area contributed by atoms with Crippen molar-refractivity contribution < 1.29 is 37.4 Å². The zero-order valence-electron chi connectivity index (χ0n) is 23.2. The van der Waals surface area contributed by atoms with Gasteiger partial charge in [-0.25, -0.2) is 4.79 Å². The number of para-hydroxylation sites is 1. The van der Waals surface area contributed by atoms with Gasteiger partial charge >= 0.3 is 12.1 Å². The minimum Gasteiger partial charge on any atom is -0.491 e. The number of hydrogen-bond donors (Lipinski definition) is 5. The Labute approximate surface area is 264 Å². The number of nitrogens with zero attached hydrogens (tertiary/aromatic N) is 2. The van der Waals surface area contributed by atoms with Crippen molar-refractivity contribution in [2.45, 2.75) is 44.7 Å². The van der Waals surface area contributed by atoms with E-state index in [-0.39, 0.29) is 24.0 Å². The van der Waals surface area contributed by atoms with E-state index in [1.807, 2.05) is 30.3 Å². The van der Waals surface area contributed by atoms with E-state index < -0.39 is 12.1 Å². The van der Waals surface area contributed by atoms with Gasteiger partial charge in [-0.3, -0.25) is 9.79 Å². The van der Waals surface area contributed by atoms with Crippen LogP contribution < -0.4 is 32.1 Å². The largest absolute Gasteiger partial charge is 0.491 e. The van der Waals surface area contributed by atoms with Crippen molar-refractivity contribution in [2.75, 3.05) is 26.2 Å². The molecule has 1 amide bonds. The minimum atomic E-state index is -5.08. The lowest BCUT2D eigenvalue weighted by molar-refractivity contribution is -0.192. The monoisotopic (exact) mass is 738 g/mol. The maximum absolute atomic E-state index is 13.0. The number of carboxylic acids is 1. The molecular formula is C27H35Br2F3N6O5. The van der Waals surface area contributed by atoms with Gasteiger partial charge in [-0.1, -0.05) is 36.2 Å². The molecule has 43 heavy (non-hydrogen) atoms. The second-order valence-electron chi connectivity index (χ2n) is 8.78. The number of carbonyl (C=O) groups is 2. The van der Waals surface area contributed by atoms with Crippen LogP contribution in [0.5, 0.6) is 11.5 Å². The molecule has 0 atom stereocenters. The SMILES string of the molecule is NCCCOc1c(Br)cc(C/C(=N/Oc2ccccc2)C(=O)NCCCCCCN=C(N)N)cc1Br.O=C(O)C(F)(F)F.